The number of fused-ring (bicyclic) bond motifs is 1. The van der Waals surface area contributed by atoms with Gasteiger partial charge in [-0.05, 0) is 49.4 Å². The molecule has 6 heteroatoms. The van der Waals surface area contributed by atoms with Crippen molar-refractivity contribution in [1.82, 2.24) is 4.90 Å². The largest absolute Gasteiger partial charge is 0.497 e. The van der Waals surface area contributed by atoms with Gasteiger partial charge in [-0.1, -0.05) is 0 Å². The smallest absolute Gasteiger partial charge is 0.230 e. The average molecular weight is 346 g/mol. The van der Waals surface area contributed by atoms with Crippen LogP contribution in [0.2, 0.25) is 0 Å². The fraction of sp³-hybridized carbons (Fsp3) is 0.579. The number of likely N-dealkylation sites (N-methyl/N-ethyl adjacent to an activating group) is 1. The van der Waals surface area contributed by atoms with Crippen molar-refractivity contribution in [3.8, 4) is 5.75 Å². The molecule has 25 heavy (non-hydrogen) atoms. The Morgan fingerprint density at radius 3 is 2.80 bits per heavy atom. The van der Waals surface area contributed by atoms with Gasteiger partial charge in [-0.2, -0.15) is 0 Å². The summed E-state index contributed by atoms with van der Waals surface area (Å²) in [6.45, 7) is 4.90. The number of nitrogens with zero attached hydrogens (tertiary/aromatic N) is 1. The molecule has 2 amide bonds. The van der Waals surface area contributed by atoms with Crippen LogP contribution >= 0.6 is 0 Å². The summed E-state index contributed by atoms with van der Waals surface area (Å²) in [5.74, 6) is 0.634. The van der Waals surface area contributed by atoms with Gasteiger partial charge in [0.25, 0.3) is 0 Å². The third kappa shape index (κ3) is 3.95. The number of methoxy groups -OCH3 is 1. The number of carbonyl (C=O) groups excluding carboxylic acids is 2. The number of carbonyl (C=O) groups is 2. The van der Waals surface area contributed by atoms with Gasteiger partial charge in [0.05, 0.1) is 13.0 Å². The molecule has 0 bridgehead atoms. The van der Waals surface area contributed by atoms with Crippen LogP contribution < -0.4 is 10.1 Å². The molecule has 2 heterocycles. The highest BCUT2D eigenvalue weighted by Gasteiger charge is 2.34. The van der Waals surface area contributed by atoms with Crippen LogP contribution in [0.3, 0.4) is 0 Å². The van der Waals surface area contributed by atoms with Crippen LogP contribution in [-0.2, 0) is 14.3 Å². The molecular formula is C19H26N2O4. The fourth-order valence-electron chi connectivity index (χ4n) is 3.62. The summed E-state index contributed by atoms with van der Waals surface area (Å²) < 4.78 is 10.7. The van der Waals surface area contributed by atoms with E-state index < -0.39 is 5.92 Å². The zero-order valence-corrected chi connectivity index (χ0v) is 14.9. The zero-order chi connectivity index (χ0) is 17.8. The summed E-state index contributed by atoms with van der Waals surface area (Å²) in [6, 6.07) is 5.46. The minimum absolute atomic E-state index is 0.0262. The van der Waals surface area contributed by atoms with E-state index in [9.17, 15) is 9.59 Å². The van der Waals surface area contributed by atoms with E-state index in [-0.39, 0.29) is 18.2 Å². The van der Waals surface area contributed by atoms with E-state index in [1.165, 1.54) is 0 Å². The van der Waals surface area contributed by atoms with Crippen LogP contribution in [0.1, 0.15) is 37.7 Å². The van der Waals surface area contributed by atoms with Crippen molar-refractivity contribution in [2.24, 2.45) is 5.92 Å². The molecule has 0 unspecified atom stereocenters. The quantitative estimate of drug-likeness (QED) is 0.889. The van der Waals surface area contributed by atoms with Gasteiger partial charge in [0.15, 0.2) is 0 Å². The van der Waals surface area contributed by atoms with Crippen molar-refractivity contribution in [2.75, 3.05) is 38.7 Å². The molecule has 1 saturated heterocycles. The molecule has 3 rings (SSSR count). The first-order valence-electron chi connectivity index (χ1n) is 8.96. The van der Waals surface area contributed by atoms with Crippen molar-refractivity contribution in [1.29, 1.82) is 0 Å². The third-order valence-corrected chi connectivity index (χ3v) is 5.11. The number of ether oxygens (including phenoxy) is 2. The van der Waals surface area contributed by atoms with Gasteiger partial charge in [-0.3, -0.25) is 9.59 Å². The van der Waals surface area contributed by atoms with Gasteiger partial charge in [0.2, 0.25) is 11.8 Å². The molecule has 1 fully saturated rings. The standard InChI is InChI=1S/C19H26N2O4/c1-3-21(12-13-6-8-25-9-7-13)19(23)16-11-18(22)20-17-5-4-14(24-2)10-15(16)17/h4-5,10,13,16H,3,6-9,11-12H2,1-2H3,(H,20,22)/t16-/m0/s1. The maximum atomic E-state index is 13.2. The van der Waals surface area contributed by atoms with Crippen molar-refractivity contribution in [3.05, 3.63) is 23.8 Å². The SMILES string of the molecule is CCN(CC1CCOCC1)C(=O)[C@H]1CC(=O)Nc2ccc(OC)cc21. The Morgan fingerprint density at radius 1 is 1.36 bits per heavy atom. The van der Waals surface area contributed by atoms with Gasteiger partial charge in [0.1, 0.15) is 5.75 Å². The Balaban J connectivity index is 1.81. The molecule has 2 aliphatic rings. The minimum Gasteiger partial charge on any atom is -0.497 e. The normalized spacial score (nSPS) is 20.6. The summed E-state index contributed by atoms with van der Waals surface area (Å²) in [5, 5.41) is 2.85. The van der Waals surface area contributed by atoms with Gasteiger partial charge >= 0.3 is 0 Å². The molecule has 136 valence electrons. The van der Waals surface area contributed by atoms with E-state index in [0.717, 1.165) is 38.2 Å². The lowest BCUT2D eigenvalue weighted by molar-refractivity contribution is -0.135. The van der Waals surface area contributed by atoms with E-state index in [1.807, 2.05) is 17.9 Å². The Morgan fingerprint density at radius 2 is 2.12 bits per heavy atom. The van der Waals surface area contributed by atoms with Crippen LogP contribution in [0.15, 0.2) is 18.2 Å². The van der Waals surface area contributed by atoms with Crippen LogP contribution in [-0.4, -0.2) is 50.1 Å². The Hall–Kier alpha value is -2.08. The number of amides is 2. The minimum atomic E-state index is -0.446. The topological polar surface area (TPSA) is 67.9 Å². The molecule has 6 nitrogen and oxygen atoms in total. The number of hydrogen-bond donors (Lipinski definition) is 1. The Kier molecular flexibility index (Phi) is 5.58. The summed E-state index contributed by atoms with van der Waals surface area (Å²) in [6.07, 6.45) is 2.15. The molecule has 1 N–H and O–H groups in total. The first-order chi connectivity index (χ1) is 12.1. The molecule has 1 aromatic rings. The molecule has 1 aromatic carbocycles. The van der Waals surface area contributed by atoms with E-state index in [4.69, 9.17) is 9.47 Å². The van der Waals surface area contributed by atoms with Gasteiger partial charge in [-0.15, -0.1) is 0 Å². The molecular weight excluding hydrogens is 320 g/mol. The highest BCUT2D eigenvalue weighted by atomic mass is 16.5. The summed E-state index contributed by atoms with van der Waals surface area (Å²) in [5.41, 5.74) is 1.55. The lowest BCUT2D eigenvalue weighted by Crippen LogP contribution is -2.41. The van der Waals surface area contributed by atoms with E-state index >= 15 is 0 Å². The lowest BCUT2D eigenvalue weighted by atomic mass is 9.88. The number of anilines is 1. The van der Waals surface area contributed by atoms with Crippen molar-refractivity contribution >= 4 is 17.5 Å². The predicted molar refractivity (Wildman–Crippen MR) is 94.8 cm³/mol. The zero-order valence-electron chi connectivity index (χ0n) is 14.9. The van der Waals surface area contributed by atoms with Crippen molar-refractivity contribution < 1.29 is 19.1 Å². The molecule has 2 aliphatic heterocycles. The summed E-state index contributed by atoms with van der Waals surface area (Å²) >= 11 is 0. The number of rotatable bonds is 5. The van der Waals surface area contributed by atoms with E-state index in [2.05, 4.69) is 5.32 Å². The van der Waals surface area contributed by atoms with E-state index in [0.29, 0.717) is 23.9 Å². The molecule has 0 spiro atoms. The first kappa shape index (κ1) is 17.7. The molecule has 0 saturated carbocycles. The van der Waals surface area contributed by atoms with Crippen LogP contribution in [0.25, 0.3) is 0 Å². The second-order valence-electron chi connectivity index (χ2n) is 6.69. The van der Waals surface area contributed by atoms with Gasteiger partial charge in [-0.25, -0.2) is 0 Å². The average Bonchev–Trinajstić information content (AvgIpc) is 2.65. The highest BCUT2D eigenvalue weighted by Crippen LogP contribution is 2.36. The van der Waals surface area contributed by atoms with Crippen LogP contribution in [0.5, 0.6) is 5.75 Å². The van der Waals surface area contributed by atoms with Crippen molar-refractivity contribution in [3.63, 3.8) is 0 Å². The number of nitrogens with one attached hydrogen (secondary N) is 1. The first-order valence-corrected chi connectivity index (χ1v) is 8.96. The molecule has 0 radical (unpaired) electrons. The maximum absolute atomic E-state index is 13.2. The second-order valence-corrected chi connectivity index (χ2v) is 6.69. The molecule has 0 aliphatic carbocycles. The fourth-order valence-corrected chi connectivity index (χ4v) is 3.62. The lowest BCUT2D eigenvalue weighted by Gasteiger charge is -2.33. The highest BCUT2D eigenvalue weighted by molar-refractivity contribution is 6.01. The summed E-state index contributed by atoms with van der Waals surface area (Å²) in [4.78, 5) is 27.1. The van der Waals surface area contributed by atoms with Gasteiger partial charge < -0.3 is 19.7 Å². The van der Waals surface area contributed by atoms with E-state index in [1.54, 1.807) is 19.2 Å². The second kappa shape index (κ2) is 7.87. The Labute approximate surface area is 148 Å². The van der Waals surface area contributed by atoms with Crippen molar-refractivity contribution in [2.45, 2.75) is 32.1 Å². The number of hydrogen-bond acceptors (Lipinski definition) is 4. The summed E-state index contributed by atoms with van der Waals surface area (Å²) in [7, 11) is 1.60. The molecule has 0 aromatic heterocycles. The monoisotopic (exact) mass is 346 g/mol. The van der Waals surface area contributed by atoms with Gasteiger partial charge in [0, 0.05) is 38.4 Å². The predicted octanol–water partition coefficient (Wildman–Crippen LogP) is 2.40. The Bertz CT molecular complexity index is 640. The maximum Gasteiger partial charge on any atom is 0.230 e. The number of benzene rings is 1. The molecule has 1 atom stereocenters. The third-order valence-electron chi connectivity index (χ3n) is 5.11. The van der Waals surface area contributed by atoms with Crippen LogP contribution in [0.4, 0.5) is 5.69 Å². The van der Waals surface area contributed by atoms with Crippen LogP contribution in [0, 0.1) is 5.92 Å².